The number of carboxylic acid groups (broad SMARTS) is 1. The number of carboxylic acids is 1. The first kappa shape index (κ1) is 14.0. The highest BCUT2D eigenvalue weighted by atomic mass is 16.5. The zero-order valence-corrected chi connectivity index (χ0v) is 11.6. The quantitative estimate of drug-likeness (QED) is 0.879. The molecule has 2 aromatic rings. The number of benzene rings is 1. The largest absolute Gasteiger partial charge is 0.496 e. The van der Waals surface area contributed by atoms with Crippen LogP contribution in [0, 0.1) is 0 Å². The van der Waals surface area contributed by atoms with Gasteiger partial charge in [0.15, 0.2) is 11.4 Å². The lowest BCUT2D eigenvalue weighted by Crippen LogP contribution is -2.38. The van der Waals surface area contributed by atoms with Crippen LogP contribution in [0.25, 0.3) is 0 Å². The molecule has 106 valence electrons. The first-order valence-electron chi connectivity index (χ1n) is 6.10. The maximum atomic E-state index is 11.3. The number of carbonyl (C=O) groups is 1. The molecule has 0 aliphatic heterocycles. The number of hydrogen-bond donors (Lipinski definition) is 1. The van der Waals surface area contributed by atoms with Gasteiger partial charge in [-0.15, -0.1) is 5.10 Å². The van der Waals surface area contributed by atoms with E-state index in [4.69, 9.17) is 4.74 Å². The highest BCUT2D eigenvalue weighted by Gasteiger charge is 2.33. The predicted octanol–water partition coefficient (Wildman–Crippen LogP) is 1.09. The molecule has 0 amide bonds. The zero-order chi connectivity index (χ0) is 14.8. The molecule has 1 heterocycles. The van der Waals surface area contributed by atoms with Crippen LogP contribution in [0.2, 0.25) is 0 Å². The molecule has 7 nitrogen and oxygen atoms in total. The minimum atomic E-state index is -1.21. The number of hydrogen-bond acceptors (Lipinski definition) is 5. The molecule has 0 fully saturated rings. The molecule has 0 unspecified atom stereocenters. The Hall–Kier alpha value is -2.44. The lowest BCUT2D eigenvalue weighted by molar-refractivity contribution is -0.146. The average molecular weight is 276 g/mol. The summed E-state index contributed by atoms with van der Waals surface area (Å²) < 4.78 is 6.59. The Morgan fingerprint density at radius 3 is 2.75 bits per heavy atom. The van der Waals surface area contributed by atoms with Crippen LogP contribution in [-0.2, 0) is 16.8 Å². The summed E-state index contributed by atoms with van der Waals surface area (Å²) in [4.78, 5) is 11.3. The van der Waals surface area contributed by atoms with Crippen LogP contribution in [0.5, 0.6) is 5.75 Å². The van der Waals surface area contributed by atoms with Gasteiger partial charge in [0.1, 0.15) is 5.75 Å². The summed E-state index contributed by atoms with van der Waals surface area (Å²) in [5, 5.41) is 20.6. The summed E-state index contributed by atoms with van der Waals surface area (Å²) in [7, 11) is 1.59. The third kappa shape index (κ3) is 2.47. The summed E-state index contributed by atoms with van der Waals surface area (Å²) in [6.07, 6.45) is 0.397. The molecule has 2 rings (SSSR count). The van der Waals surface area contributed by atoms with Crippen molar-refractivity contribution in [2.45, 2.75) is 25.8 Å². The van der Waals surface area contributed by atoms with Gasteiger partial charge in [-0.3, -0.25) is 0 Å². The number of ether oxygens (including phenoxy) is 1. The molecule has 1 aromatic carbocycles. The summed E-state index contributed by atoms with van der Waals surface area (Å²) in [6.45, 7) is 3.11. The number of aliphatic carboxylic acids is 1. The van der Waals surface area contributed by atoms with Gasteiger partial charge in [0, 0.05) is 12.0 Å². The molecule has 0 radical (unpaired) electrons. The summed E-state index contributed by atoms with van der Waals surface area (Å²) in [5.41, 5.74) is -0.312. The van der Waals surface area contributed by atoms with Gasteiger partial charge in [-0.05, 0) is 30.3 Å². The predicted molar refractivity (Wildman–Crippen MR) is 70.6 cm³/mol. The molecule has 20 heavy (non-hydrogen) atoms. The van der Waals surface area contributed by atoms with E-state index in [9.17, 15) is 9.90 Å². The molecule has 0 aliphatic carbocycles. The molecule has 0 saturated heterocycles. The second kappa shape index (κ2) is 5.28. The van der Waals surface area contributed by atoms with Crippen molar-refractivity contribution in [3.63, 3.8) is 0 Å². The van der Waals surface area contributed by atoms with Crippen molar-refractivity contribution in [1.29, 1.82) is 0 Å². The fourth-order valence-electron chi connectivity index (χ4n) is 1.86. The molecule has 1 aromatic heterocycles. The number of nitrogens with zero attached hydrogens (tertiary/aromatic N) is 4. The van der Waals surface area contributed by atoms with E-state index in [1.807, 2.05) is 24.3 Å². The smallest absolute Gasteiger partial charge is 0.331 e. The van der Waals surface area contributed by atoms with Gasteiger partial charge < -0.3 is 9.84 Å². The van der Waals surface area contributed by atoms with Crippen molar-refractivity contribution < 1.29 is 14.6 Å². The number of tetrazole rings is 1. The molecule has 0 saturated carbocycles. The Bertz CT molecular complexity index is 622. The molecular weight excluding hydrogens is 260 g/mol. The molecule has 0 aliphatic rings. The Balaban J connectivity index is 2.37. The minimum absolute atomic E-state index is 0.397. The maximum absolute atomic E-state index is 11.3. The van der Waals surface area contributed by atoms with Gasteiger partial charge in [-0.2, -0.15) is 0 Å². The fourth-order valence-corrected chi connectivity index (χ4v) is 1.86. The first-order chi connectivity index (χ1) is 9.46. The molecule has 0 atom stereocenters. The SMILES string of the molecule is COc1ccccc1Cc1nnnn1C(C)(C)C(=O)O. The Kier molecular flexibility index (Phi) is 3.69. The standard InChI is InChI=1S/C13H16N4O3/c1-13(2,12(18)19)17-11(14-15-16-17)8-9-6-4-5-7-10(9)20-3/h4-7H,8H2,1-3H3,(H,18,19). The van der Waals surface area contributed by atoms with Crippen LogP contribution in [0.4, 0.5) is 0 Å². The van der Waals surface area contributed by atoms with Crippen LogP contribution in [-0.4, -0.2) is 38.4 Å². The minimum Gasteiger partial charge on any atom is -0.496 e. The van der Waals surface area contributed by atoms with E-state index >= 15 is 0 Å². The lowest BCUT2D eigenvalue weighted by atomic mass is 10.1. The van der Waals surface area contributed by atoms with Gasteiger partial charge in [-0.25, -0.2) is 9.48 Å². The van der Waals surface area contributed by atoms with Gasteiger partial charge in [-0.1, -0.05) is 18.2 Å². The van der Waals surface area contributed by atoms with E-state index < -0.39 is 11.5 Å². The number of methoxy groups -OCH3 is 1. The molecule has 1 N–H and O–H groups in total. The molecule has 7 heteroatoms. The molecule has 0 bridgehead atoms. The van der Waals surface area contributed by atoms with E-state index in [0.29, 0.717) is 12.2 Å². The summed E-state index contributed by atoms with van der Waals surface area (Å²) >= 11 is 0. The maximum Gasteiger partial charge on any atom is 0.331 e. The first-order valence-corrected chi connectivity index (χ1v) is 6.10. The van der Waals surface area contributed by atoms with E-state index in [-0.39, 0.29) is 0 Å². The van der Waals surface area contributed by atoms with Crippen molar-refractivity contribution in [3.8, 4) is 5.75 Å². The molecule has 0 spiro atoms. The number of aromatic nitrogens is 4. The third-order valence-electron chi connectivity index (χ3n) is 3.13. The van der Waals surface area contributed by atoms with Crippen LogP contribution in [0.15, 0.2) is 24.3 Å². The van der Waals surface area contributed by atoms with Crippen LogP contribution < -0.4 is 4.74 Å². The van der Waals surface area contributed by atoms with Gasteiger partial charge in [0.2, 0.25) is 0 Å². The van der Waals surface area contributed by atoms with Crippen molar-refractivity contribution in [2.75, 3.05) is 7.11 Å². The zero-order valence-electron chi connectivity index (χ0n) is 11.6. The Morgan fingerprint density at radius 1 is 1.40 bits per heavy atom. The lowest BCUT2D eigenvalue weighted by Gasteiger charge is -2.20. The highest BCUT2D eigenvalue weighted by Crippen LogP contribution is 2.22. The normalized spacial score (nSPS) is 11.3. The summed E-state index contributed by atoms with van der Waals surface area (Å²) in [5.74, 6) is 0.197. The van der Waals surface area contributed by atoms with Crippen LogP contribution >= 0.6 is 0 Å². The second-order valence-electron chi connectivity index (χ2n) is 4.86. The van der Waals surface area contributed by atoms with Crippen molar-refractivity contribution in [2.24, 2.45) is 0 Å². The third-order valence-corrected chi connectivity index (χ3v) is 3.13. The second-order valence-corrected chi connectivity index (χ2v) is 4.86. The van der Waals surface area contributed by atoms with Gasteiger partial charge in [0.05, 0.1) is 7.11 Å². The van der Waals surface area contributed by atoms with E-state index in [0.717, 1.165) is 11.3 Å². The number of rotatable bonds is 5. The van der Waals surface area contributed by atoms with E-state index in [2.05, 4.69) is 15.5 Å². The fraction of sp³-hybridized carbons (Fsp3) is 0.385. The van der Waals surface area contributed by atoms with Crippen LogP contribution in [0.3, 0.4) is 0 Å². The Morgan fingerprint density at radius 2 is 2.10 bits per heavy atom. The van der Waals surface area contributed by atoms with E-state index in [1.165, 1.54) is 4.68 Å². The van der Waals surface area contributed by atoms with Crippen LogP contribution in [0.1, 0.15) is 25.2 Å². The van der Waals surface area contributed by atoms with Crippen molar-refractivity contribution in [1.82, 2.24) is 20.2 Å². The van der Waals surface area contributed by atoms with Gasteiger partial charge in [0.25, 0.3) is 0 Å². The summed E-state index contributed by atoms with van der Waals surface area (Å²) in [6, 6.07) is 7.48. The topological polar surface area (TPSA) is 90.1 Å². The average Bonchev–Trinajstić information content (AvgIpc) is 2.88. The van der Waals surface area contributed by atoms with Gasteiger partial charge >= 0.3 is 5.97 Å². The number of para-hydroxylation sites is 1. The highest BCUT2D eigenvalue weighted by molar-refractivity contribution is 5.75. The molecular formula is C13H16N4O3. The monoisotopic (exact) mass is 276 g/mol. The van der Waals surface area contributed by atoms with E-state index in [1.54, 1.807) is 21.0 Å². The van der Waals surface area contributed by atoms with Crippen molar-refractivity contribution >= 4 is 5.97 Å². The Labute approximate surface area is 116 Å². The van der Waals surface area contributed by atoms with Crippen molar-refractivity contribution in [3.05, 3.63) is 35.7 Å².